The van der Waals surface area contributed by atoms with Gasteiger partial charge in [-0.25, -0.2) is 0 Å². The summed E-state index contributed by atoms with van der Waals surface area (Å²) in [5, 5.41) is 6.04. The maximum atomic E-state index is 12.7. The van der Waals surface area contributed by atoms with Crippen LogP contribution >= 0.6 is 24.0 Å². The number of aliphatic imine (C=N–C) groups is 1. The third kappa shape index (κ3) is 6.55. The summed E-state index contributed by atoms with van der Waals surface area (Å²) in [6.45, 7) is 7.87. The van der Waals surface area contributed by atoms with Crippen molar-refractivity contribution < 1.29 is 9.59 Å². The van der Waals surface area contributed by atoms with Crippen LogP contribution in [0, 0.1) is 0 Å². The number of hydrogen-bond donors (Lipinski definition) is 2. The van der Waals surface area contributed by atoms with Crippen LogP contribution in [0.3, 0.4) is 0 Å². The zero-order chi connectivity index (χ0) is 21.5. The summed E-state index contributed by atoms with van der Waals surface area (Å²) in [6.07, 6.45) is 2.26. The maximum Gasteiger partial charge on any atom is 0.251 e. The van der Waals surface area contributed by atoms with Crippen LogP contribution in [0.4, 0.5) is 0 Å². The average molecular weight is 542 g/mol. The van der Waals surface area contributed by atoms with Gasteiger partial charge in [0.15, 0.2) is 5.96 Å². The topological polar surface area (TPSA) is 80.3 Å². The molecule has 9 heteroatoms. The Morgan fingerprint density at radius 1 is 1.00 bits per heavy atom. The molecule has 0 bridgehead atoms. The van der Waals surface area contributed by atoms with Crippen LogP contribution in [0.2, 0.25) is 0 Å². The zero-order valence-corrected chi connectivity index (χ0v) is 21.1. The fourth-order valence-corrected chi connectivity index (χ4v) is 4.11. The number of piperazine rings is 1. The zero-order valence-electron chi connectivity index (χ0n) is 18.8. The van der Waals surface area contributed by atoms with E-state index in [1.807, 2.05) is 36.1 Å². The summed E-state index contributed by atoms with van der Waals surface area (Å²) in [5.74, 6) is 1.05. The van der Waals surface area contributed by atoms with Gasteiger partial charge in [0.25, 0.3) is 5.91 Å². The monoisotopic (exact) mass is 542 g/mol. The minimum atomic E-state index is -0.0827. The van der Waals surface area contributed by atoms with E-state index in [1.165, 1.54) is 0 Å². The fourth-order valence-electron chi connectivity index (χ4n) is 4.11. The first-order chi connectivity index (χ1) is 14.5. The molecule has 2 amide bonds. The highest BCUT2D eigenvalue weighted by atomic mass is 127. The van der Waals surface area contributed by atoms with Crippen molar-refractivity contribution in [2.45, 2.75) is 32.4 Å². The Morgan fingerprint density at radius 2 is 1.61 bits per heavy atom. The molecule has 3 rings (SSSR count). The minimum Gasteiger partial charge on any atom is -0.355 e. The Kier molecular flexibility index (Phi) is 10.0. The van der Waals surface area contributed by atoms with Gasteiger partial charge in [0.1, 0.15) is 0 Å². The molecule has 0 saturated carbocycles. The van der Waals surface area contributed by atoms with E-state index in [2.05, 4.69) is 25.4 Å². The summed E-state index contributed by atoms with van der Waals surface area (Å²) in [6, 6.07) is 7.51. The Hall–Kier alpha value is -1.88. The Labute approximate surface area is 202 Å². The van der Waals surface area contributed by atoms with Gasteiger partial charge in [0, 0.05) is 65.5 Å². The molecular formula is C22H35IN6O2. The van der Waals surface area contributed by atoms with Gasteiger partial charge in [-0.2, -0.15) is 0 Å². The molecule has 0 aliphatic carbocycles. The highest BCUT2D eigenvalue weighted by Gasteiger charge is 2.30. The van der Waals surface area contributed by atoms with Crippen molar-refractivity contribution in [3.63, 3.8) is 0 Å². The number of rotatable bonds is 5. The van der Waals surface area contributed by atoms with Crippen LogP contribution in [-0.2, 0) is 11.3 Å². The van der Waals surface area contributed by atoms with E-state index in [1.54, 1.807) is 14.1 Å². The second kappa shape index (κ2) is 12.2. The van der Waals surface area contributed by atoms with E-state index < -0.39 is 0 Å². The molecule has 31 heavy (non-hydrogen) atoms. The Balaban J connectivity index is 0.00000341. The molecule has 2 N–H and O–H groups in total. The number of carbonyl (C=O) groups excluding carboxylic acids is 2. The maximum absolute atomic E-state index is 12.7. The van der Waals surface area contributed by atoms with Gasteiger partial charge in [-0.1, -0.05) is 12.1 Å². The van der Waals surface area contributed by atoms with Crippen LogP contribution in [-0.4, -0.2) is 91.9 Å². The Bertz CT molecular complexity index is 756. The molecule has 172 valence electrons. The molecule has 1 atom stereocenters. The first-order valence-electron chi connectivity index (χ1n) is 10.8. The lowest BCUT2D eigenvalue weighted by Crippen LogP contribution is -2.57. The number of likely N-dealkylation sites (tertiary alicyclic amines) is 1. The SMILES string of the molecule is CN=C(NCc1ccc(C(=O)NC)cc1)N1CCN(C(C)C(=O)N2CCCC2)CC1.I. The van der Waals surface area contributed by atoms with E-state index in [0.717, 1.165) is 63.6 Å². The molecule has 1 aromatic carbocycles. The molecular weight excluding hydrogens is 507 g/mol. The number of amides is 2. The molecule has 2 aliphatic rings. The van der Waals surface area contributed by atoms with Gasteiger partial charge in [-0.15, -0.1) is 24.0 Å². The predicted octanol–water partition coefficient (Wildman–Crippen LogP) is 1.37. The van der Waals surface area contributed by atoms with Crippen molar-refractivity contribution in [1.82, 2.24) is 25.3 Å². The van der Waals surface area contributed by atoms with E-state index >= 15 is 0 Å². The first-order valence-corrected chi connectivity index (χ1v) is 10.8. The fraction of sp³-hybridized carbons (Fsp3) is 0.591. The van der Waals surface area contributed by atoms with Crippen molar-refractivity contribution in [2.75, 3.05) is 53.4 Å². The molecule has 1 aromatic rings. The molecule has 8 nitrogen and oxygen atoms in total. The summed E-state index contributed by atoms with van der Waals surface area (Å²) in [4.78, 5) is 35.3. The summed E-state index contributed by atoms with van der Waals surface area (Å²) >= 11 is 0. The van der Waals surface area contributed by atoms with Gasteiger partial charge in [0.2, 0.25) is 5.91 Å². The number of benzene rings is 1. The molecule has 0 radical (unpaired) electrons. The van der Waals surface area contributed by atoms with Crippen molar-refractivity contribution in [1.29, 1.82) is 0 Å². The molecule has 2 aliphatic heterocycles. The molecule has 1 unspecified atom stereocenters. The molecule has 2 fully saturated rings. The minimum absolute atomic E-state index is 0. The van der Waals surface area contributed by atoms with Crippen LogP contribution in [0.5, 0.6) is 0 Å². The second-order valence-corrected chi connectivity index (χ2v) is 7.91. The average Bonchev–Trinajstić information content (AvgIpc) is 3.34. The number of hydrogen-bond acceptors (Lipinski definition) is 4. The third-order valence-electron chi connectivity index (χ3n) is 6.04. The number of carbonyl (C=O) groups is 2. The van der Waals surface area contributed by atoms with Gasteiger partial charge in [0.05, 0.1) is 6.04 Å². The van der Waals surface area contributed by atoms with E-state index in [0.29, 0.717) is 12.1 Å². The van der Waals surface area contributed by atoms with Crippen molar-refractivity contribution in [3.8, 4) is 0 Å². The quantitative estimate of drug-likeness (QED) is 0.334. The highest BCUT2D eigenvalue weighted by molar-refractivity contribution is 14.0. The number of nitrogens with one attached hydrogen (secondary N) is 2. The van der Waals surface area contributed by atoms with Gasteiger partial charge in [-0.3, -0.25) is 19.5 Å². The molecule has 0 aromatic heterocycles. The van der Waals surface area contributed by atoms with Crippen molar-refractivity contribution >= 4 is 41.8 Å². The van der Waals surface area contributed by atoms with E-state index in [4.69, 9.17) is 0 Å². The van der Waals surface area contributed by atoms with Gasteiger partial charge < -0.3 is 20.4 Å². The first kappa shape index (κ1) is 25.4. The number of nitrogens with zero attached hydrogens (tertiary/aromatic N) is 4. The van der Waals surface area contributed by atoms with Crippen molar-refractivity contribution in [3.05, 3.63) is 35.4 Å². The molecule has 0 spiro atoms. The highest BCUT2D eigenvalue weighted by Crippen LogP contribution is 2.14. The molecule has 2 heterocycles. The van der Waals surface area contributed by atoms with Crippen LogP contribution < -0.4 is 10.6 Å². The van der Waals surface area contributed by atoms with Crippen LogP contribution in [0.25, 0.3) is 0 Å². The summed E-state index contributed by atoms with van der Waals surface area (Å²) in [5.41, 5.74) is 1.74. The lowest BCUT2D eigenvalue weighted by molar-refractivity contribution is -0.135. The number of guanidine groups is 1. The van der Waals surface area contributed by atoms with Crippen LogP contribution in [0.1, 0.15) is 35.7 Å². The lowest BCUT2D eigenvalue weighted by atomic mass is 10.1. The van der Waals surface area contributed by atoms with Gasteiger partial charge in [-0.05, 0) is 37.5 Å². The van der Waals surface area contributed by atoms with E-state index in [-0.39, 0.29) is 41.8 Å². The second-order valence-electron chi connectivity index (χ2n) is 7.91. The summed E-state index contributed by atoms with van der Waals surface area (Å²) < 4.78 is 0. The smallest absolute Gasteiger partial charge is 0.251 e. The standard InChI is InChI=1S/C22H34N6O2.HI/c1-17(21(30)27-10-4-5-11-27)26-12-14-28(15-13-26)22(24-3)25-16-18-6-8-19(9-7-18)20(29)23-2;/h6-9,17H,4-5,10-16H2,1-3H3,(H,23,29)(H,24,25);1H. The molecule has 2 saturated heterocycles. The Morgan fingerprint density at radius 3 is 2.16 bits per heavy atom. The third-order valence-corrected chi connectivity index (χ3v) is 6.04. The normalized spacial score (nSPS) is 18.4. The van der Waals surface area contributed by atoms with E-state index in [9.17, 15) is 9.59 Å². The largest absolute Gasteiger partial charge is 0.355 e. The van der Waals surface area contributed by atoms with Gasteiger partial charge >= 0.3 is 0 Å². The number of halogens is 1. The predicted molar refractivity (Wildman–Crippen MR) is 134 cm³/mol. The lowest BCUT2D eigenvalue weighted by Gasteiger charge is -2.39. The van der Waals surface area contributed by atoms with Crippen molar-refractivity contribution in [2.24, 2.45) is 4.99 Å². The summed E-state index contributed by atoms with van der Waals surface area (Å²) in [7, 11) is 3.42. The van der Waals surface area contributed by atoms with Crippen LogP contribution in [0.15, 0.2) is 29.3 Å².